The van der Waals surface area contributed by atoms with Crippen LogP contribution in [0.15, 0.2) is 36.8 Å². The number of piperazine rings is 1. The van der Waals surface area contributed by atoms with Gasteiger partial charge in [0, 0.05) is 50.8 Å². The molecule has 1 unspecified atom stereocenters. The van der Waals surface area contributed by atoms with Crippen LogP contribution in [0, 0.1) is 13.8 Å². The third kappa shape index (κ3) is 3.56. The van der Waals surface area contributed by atoms with Gasteiger partial charge in [0.1, 0.15) is 11.5 Å². The zero-order valence-electron chi connectivity index (χ0n) is 18.0. The summed E-state index contributed by atoms with van der Waals surface area (Å²) in [6.45, 7) is 8.28. The molecule has 2 aliphatic heterocycles. The van der Waals surface area contributed by atoms with Crippen molar-refractivity contribution in [1.82, 2.24) is 29.6 Å². The molecule has 0 bridgehead atoms. The lowest BCUT2D eigenvalue weighted by molar-refractivity contribution is -0.133. The van der Waals surface area contributed by atoms with Crippen molar-refractivity contribution in [2.24, 2.45) is 0 Å². The molecule has 0 spiro atoms. The van der Waals surface area contributed by atoms with Gasteiger partial charge in [-0.05, 0) is 43.9 Å². The molecule has 5 rings (SSSR count). The Labute approximate surface area is 181 Å². The highest BCUT2D eigenvalue weighted by atomic mass is 16.2. The lowest BCUT2D eigenvalue weighted by atomic mass is 9.96. The molecule has 8 heteroatoms. The summed E-state index contributed by atoms with van der Waals surface area (Å²) in [7, 11) is 0. The van der Waals surface area contributed by atoms with E-state index in [-0.39, 0.29) is 11.8 Å². The SMILES string of the molecule is Cc1cccc(N2CCN(C(=O)C3CCCn4c(-c5cnccn5)nnc43)CC2)c1C. The molecule has 1 saturated heterocycles. The summed E-state index contributed by atoms with van der Waals surface area (Å²) in [6, 6.07) is 6.43. The molecule has 0 saturated carbocycles. The molecule has 2 aromatic heterocycles. The molecule has 0 aliphatic carbocycles. The van der Waals surface area contributed by atoms with E-state index in [0.29, 0.717) is 11.5 Å². The number of aryl methyl sites for hydroxylation is 1. The van der Waals surface area contributed by atoms with Crippen LogP contribution in [0.2, 0.25) is 0 Å². The van der Waals surface area contributed by atoms with Crippen molar-refractivity contribution in [3.05, 3.63) is 53.7 Å². The highest BCUT2D eigenvalue weighted by Crippen LogP contribution is 2.31. The summed E-state index contributed by atoms with van der Waals surface area (Å²) < 4.78 is 2.04. The number of aromatic nitrogens is 5. The quantitative estimate of drug-likeness (QED) is 0.652. The number of nitrogens with zero attached hydrogens (tertiary/aromatic N) is 7. The Morgan fingerprint density at radius 3 is 2.65 bits per heavy atom. The minimum absolute atomic E-state index is 0.166. The summed E-state index contributed by atoms with van der Waals surface area (Å²) in [5.41, 5.74) is 4.59. The van der Waals surface area contributed by atoms with Crippen molar-refractivity contribution < 1.29 is 4.79 Å². The number of carbonyl (C=O) groups is 1. The second-order valence-corrected chi connectivity index (χ2v) is 8.35. The first-order valence-electron chi connectivity index (χ1n) is 10.9. The van der Waals surface area contributed by atoms with Crippen LogP contribution in [-0.2, 0) is 11.3 Å². The van der Waals surface area contributed by atoms with Gasteiger partial charge in [0.05, 0.1) is 12.1 Å². The van der Waals surface area contributed by atoms with Crippen LogP contribution in [0.3, 0.4) is 0 Å². The molecule has 4 heterocycles. The highest BCUT2D eigenvalue weighted by Gasteiger charge is 2.35. The van der Waals surface area contributed by atoms with Gasteiger partial charge >= 0.3 is 0 Å². The lowest BCUT2D eigenvalue weighted by Gasteiger charge is -2.38. The second-order valence-electron chi connectivity index (χ2n) is 8.35. The number of anilines is 1. The molecule has 1 atom stereocenters. The van der Waals surface area contributed by atoms with E-state index in [0.717, 1.165) is 51.4 Å². The summed E-state index contributed by atoms with van der Waals surface area (Å²) in [6.07, 6.45) is 6.72. The minimum Gasteiger partial charge on any atom is -0.368 e. The minimum atomic E-state index is -0.237. The maximum absolute atomic E-state index is 13.4. The largest absolute Gasteiger partial charge is 0.368 e. The van der Waals surface area contributed by atoms with Gasteiger partial charge in [0.2, 0.25) is 5.91 Å². The second kappa shape index (κ2) is 8.09. The molecule has 1 amide bonds. The fraction of sp³-hybridized carbons (Fsp3) is 0.435. The van der Waals surface area contributed by atoms with Gasteiger partial charge < -0.3 is 14.4 Å². The van der Waals surface area contributed by atoms with Gasteiger partial charge in [0.25, 0.3) is 0 Å². The van der Waals surface area contributed by atoms with E-state index < -0.39 is 0 Å². The van der Waals surface area contributed by atoms with E-state index in [1.807, 2.05) is 9.47 Å². The van der Waals surface area contributed by atoms with Crippen molar-refractivity contribution in [1.29, 1.82) is 0 Å². The van der Waals surface area contributed by atoms with Crippen LogP contribution >= 0.6 is 0 Å². The first-order valence-corrected chi connectivity index (χ1v) is 10.9. The number of hydrogen-bond donors (Lipinski definition) is 0. The number of carbonyl (C=O) groups excluding carboxylic acids is 1. The van der Waals surface area contributed by atoms with Crippen molar-refractivity contribution in [2.45, 2.75) is 39.2 Å². The van der Waals surface area contributed by atoms with Crippen molar-refractivity contribution in [2.75, 3.05) is 31.1 Å². The molecular weight excluding hydrogens is 390 g/mol. The first-order chi connectivity index (χ1) is 15.1. The normalized spacial score (nSPS) is 18.7. The van der Waals surface area contributed by atoms with E-state index in [1.165, 1.54) is 16.8 Å². The Balaban J connectivity index is 1.31. The number of rotatable bonds is 3. The maximum atomic E-state index is 13.4. The van der Waals surface area contributed by atoms with Gasteiger partial charge in [-0.15, -0.1) is 10.2 Å². The Hall–Kier alpha value is -3.29. The first kappa shape index (κ1) is 19.7. The number of hydrogen-bond acceptors (Lipinski definition) is 6. The smallest absolute Gasteiger partial charge is 0.233 e. The molecule has 1 fully saturated rings. The predicted molar refractivity (Wildman–Crippen MR) is 118 cm³/mol. The summed E-state index contributed by atoms with van der Waals surface area (Å²) in [5.74, 6) is 1.38. The zero-order chi connectivity index (χ0) is 21.4. The van der Waals surface area contributed by atoms with Crippen LogP contribution in [0.5, 0.6) is 0 Å². The average Bonchev–Trinajstić information content (AvgIpc) is 3.25. The number of amides is 1. The standard InChI is InChI=1S/C23H27N7O/c1-16-5-3-7-20(17(16)2)28-11-13-29(14-12-28)23(31)18-6-4-10-30-21(18)26-27-22(30)19-15-24-8-9-25-19/h3,5,7-9,15,18H,4,6,10-14H2,1-2H3. The Morgan fingerprint density at radius 2 is 1.87 bits per heavy atom. The fourth-order valence-electron chi connectivity index (χ4n) is 4.68. The van der Waals surface area contributed by atoms with E-state index in [1.54, 1.807) is 18.6 Å². The molecule has 8 nitrogen and oxygen atoms in total. The lowest BCUT2D eigenvalue weighted by Crippen LogP contribution is -2.50. The summed E-state index contributed by atoms with van der Waals surface area (Å²) in [4.78, 5) is 26.3. The molecule has 3 aromatic rings. The van der Waals surface area contributed by atoms with Crippen molar-refractivity contribution >= 4 is 11.6 Å². The van der Waals surface area contributed by atoms with E-state index in [4.69, 9.17) is 0 Å². The Bertz CT molecular complexity index is 1090. The van der Waals surface area contributed by atoms with E-state index >= 15 is 0 Å². The average molecular weight is 418 g/mol. The van der Waals surface area contributed by atoms with Crippen LogP contribution in [0.4, 0.5) is 5.69 Å². The Morgan fingerprint density at radius 1 is 1.03 bits per heavy atom. The van der Waals surface area contributed by atoms with E-state index in [9.17, 15) is 4.79 Å². The molecule has 31 heavy (non-hydrogen) atoms. The predicted octanol–water partition coefficient (Wildman–Crippen LogP) is 2.58. The van der Waals surface area contributed by atoms with Crippen molar-refractivity contribution in [3.63, 3.8) is 0 Å². The number of benzene rings is 1. The highest BCUT2D eigenvalue weighted by molar-refractivity contribution is 5.83. The van der Waals surface area contributed by atoms with Gasteiger partial charge in [-0.1, -0.05) is 12.1 Å². The molecule has 2 aliphatic rings. The van der Waals surface area contributed by atoms with E-state index in [2.05, 4.69) is 57.1 Å². The monoisotopic (exact) mass is 417 g/mol. The van der Waals surface area contributed by atoms with Crippen LogP contribution < -0.4 is 4.90 Å². The Kier molecular flexibility index (Phi) is 5.13. The van der Waals surface area contributed by atoms with Gasteiger partial charge in [-0.25, -0.2) is 4.98 Å². The summed E-state index contributed by atoms with van der Waals surface area (Å²) >= 11 is 0. The molecule has 0 N–H and O–H groups in total. The topological polar surface area (TPSA) is 80.0 Å². The fourth-order valence-corrected chi connectivity index (χ4v) is 4.68. The zero-order valence-corrected chi connectivity index (χ0v) is 18.0. The summed E-state index contributed by atoms with van der Waals surface area (Å²) in [5, 5.41) is 8.75. The molecule has 160 valence electrons. The van der Waals surface area contributed by atoms with Crippen molar-refractivity contribution in [3.8, 4) is 11.5 Å². The van der Waals surface area contributed by atoms with Crippen LogP contribution in [0.25, 0.3) is 11.5 Å². The third-order valence-electron chi connectivity index (χ3n) is 6.56. The molecule has 0 radical (unpaired) electrons. The molecular formula is C23H27N7O. The third-order valence-corrected chi connectivity index (χ3v) is 6.56. The van der Waals surface area contributed by atoms with Gasteiger partial charge in [-0.2, -0.15) is 0 Å². The van der Waals surface area contributed by atoms with Crippen LogP contribution in [0.1, 0.15) is 35.7 Å². The molecule has 1 aromatic carbocycles. The van der Waals surface area contributed by atoms with Gasteiger partial charge in [-0.3, -0.25) is 9.78 Å². The number of fused-ring (bicyclic) bond motifs is 1. The maximum Gasteiger partial charge on any atom is 0.233 e. The van der Waals surface area contributed by atoms with Crippen LogP contribution in [-0.4, -0.2) is 61.7 Å². The van der Waals surface area contributed by atoms with Gasteiger partial charge in [0.15, 0.2) is 5.82 Å².